The fraction of sp³-hybridized carbons (Fsp3) is 0.250. The first kappa shape index (κ1) is 13.5. The molecule has 1 atom stereocenters. The number of aromatic nitrogens is 2. The second-order valence-electron chi connectivity index (χ2n) is 3.81. The predicted octanol–water partition coefficient (Wildman–Crippen LogP) is 2.38. The Morgan fingerprint density at radius 2 is 2.16 bits per heavy atom. The van der Waals surface area contributed by atoms with Crippen molar-refractivity contribution in [2.45, 2.75) is 19.6 Å². The number of carboxylic acids is 1. The highest BCUT2D eigenvalue weighted by Crippen LogP contribution is 2.18. The van der Waals surface area contributed by atoms with Crippen molar-refractivity contribution < 1.29 is 19.2 Å². The molecule has 0 saturated heterocycles. The maximum absolute atomic E-state index is 10.6. The van der Waals surface area contributed by atoms with Gasteiger partial charge in [-0.15, -0.1) is 0 Å². The van der Waals surface area contributed by atoms with E-state index in [9.17, 15) is 4.79 Å². The highest BCUT2D eigenvalue weighted by atomic mass is 35.5. The molecule has 0 bridgehead atoms. The third kappa shape index (κ3) is 3.52. The van der Waals surface area contributed by atoms with Gasteiger partial charge in [0.2, 0.25) is 5.82 Å². The van der Waals surface area contributed by atoms with Crippen LogP contribution >= 0.6 is 11.6 Å². The molecule has 0 spiro atoms. The molecule has 19 heavy (non-hydrogen) atoms. The maximum atomic E-state index is 10.6. The summed E-state index contributed by atoms with van der Waals surface area (Å²) < 4.78 is 10.0. The van der Waals surface area contributed by atoms with Gasteiger partial charge in [-0.25, -0.2) is 4.79 Å². The van der Waals surface area contributed by atoms with Gasteiger partial charge >= 0.3 is 5.97 Å². The molecule has 0 aliphatic carbocycles. The molecule has 100 valence electrons. The lowest BCUT2D eigenvalue weighted by Gasteiger charge is -2.04. The molecular weight excluding hydrogens is 272 g/mol. The molecule has 0 aliphatic rings. The molecule has 1 aromatic heterocycles. The number of carboxylic acid groups (broad SMARTS) is 1. The van der Waals surface area contributed by atoms with Crippen LogP contribution in [0.2, 0.25) is 5.02 Å². The van der Waals surface area contributed by atoms with Crippen LogP contribution < -0.4 is 0 Å². The summed E-state index contributed by atoms with van der Waals surface area (Å²) in [6.45, 7) is 1.38. The van der Waals surface area contributed by atoms with Gasteiger partial charge in [-0.05, 0) is 31.2 Å². The van der Waals surface area contributed by atoms with E-state index in [1.807, 2.05) is 0 Å². The van der Waals surface area contributed by atoms with E-state index >= 15 is 0 Å². The Morgan fingerprint density at radius 3 is 2.79 bits per heavy atom. The van der Waals surface area contributed by atoms with Gasteiger partial charge in [0.15, 0.2) is 6.10 Å². The lowest BCUT2D eigenvalue weighted by atomic mass is 10.2. The van der Waals surface area contributed by atoms with E-state index in [1.54, 1.807) is 24.3 Å². The molecule has 1 aromatic carbocycles. The third-order valence-corrected chi connectivity index (χ3v) is 2.63. The van der Waals surface area contributed by atoms with Crippen LogP contribution in [0.4, 0.5) is 0 Å². The van der Waals surface area contributed by atoms with E-state index in [4.69, 9.17) is 26.0 Å². The van der Waals surface area contributed by atoms with Crippen molar-refractivity contribution >= 4 is 17.6 Å². The maximum Gasteiger partial charge on any atom is 0.332 e. The summed E-state index contributed by atoms with van der Waals surface area (Å²) >= 11 is 5.78. The van der Waals surface area contributed by atoms with E-state index in [0.29, 0.717) is 10.8 Å². The fourth-order valence-corrected chi connectivity index (χ4v) is 1.42. The Bertz CT molecular complexity index is 567. The Morgan fingerprint density at radius 1 is 1.47 bits per heavy atom. The average Bonchev–Trinajstić information content (AvgIpc) is 2.85. The summed E-state index contributed by atoms with van der Waals surface area (Å²) in [4.78, 5) is 14.7. The Kier molecular flexibility index (Phi) is 4.13. The number of rotatable bonds is 5. The second kappa shape index (κ2) is 5.81. The van der Waals surface area contributed by atoms with Crippen molar-refractivity contribution in [2.24, 2.45) is 0 Å². The average molecular weight is 283 g/mol. The summed E-state index contributed by atoms with van der Waals surface area (Å²) in [7, 11) is 0. The smallest absolute Gasteiger partial charge is 0.332 e. The van der Waals surface area contributed by atoms with Crippen molar-refractivity contribution in [1.82, 2.24) is 10.1 Å². The Balaban J connectivity index is 2.03. The van der Waals surface area contributed by atoms with E-state index in [0.717, 1.165) is 5.56 Å². The van der Waals surface area contributed by atoms with Crippen LogP contribution in [0.1, 0.15) is 12.8 Å². The van der Waals surface area contributed by atoms with Crippen LogP contribution in [0.3, 0.4) is 0 Å². The highest BCUT2D eigenvalue weighted by molar-refractivity contribution is 6.30. The van der Waals surface area contributed by atoms with Crippen molar-refractivity contribution in [2.75, 3.05) is 0 Å². The quantitative estimate of drug-likeness (QED) is 0.906. The summed E-state index contributed by atoms with van der Waals surface area (Å²) in [5, 5.41) is 13.1. The van der Waals surface area contributed by atoms with Crippen molar-refractivity contribution in [3.8, 4) is 11.4 Å². The van der Waals surface area contributed by atoms with Crippen LogP contribution in [-0.4, -0.2) is 27.3 Å². The van der Waals surface area contributed by atoms with E-state index < -0.39 is 12.1 Å². The zero-order valence-electron chi connectivity index (χ0n) is 10.0. The topological polar surface area (TPSA) is 85.5 Å². The van der Waals surface area contributed by atoms with Crippen LogP contribution in [-0.2, 0) is 16.1 Å². The third-order valence-electron chi connectivity index (χ3n) is 2.38. The molecule has 7 heteroatoms. The number of ether oxygens (including phenoxy) is 1. The van der Waals surface area contributed by atoms with E-state index in [-0.39, 0.29) is 12.5 Å². The van der Waals surface area contributed by atoms with Gasteiger partial charge in [0.25, 0.3) is 5.89 Å². The Hall–Kier alpha value is -1.92. The monoisotopic (exact) mass is 282 g/mol. The van der Waals surface area contributed by atoms with Crippen molar-refractivity contribution in [1.29, 1.82) is 0 Å². The molecule has 0 saturated carbocycles. The predicted molar refractivity (Wildman–Crippen MR) is 66.6 cm³/mol. The minimum atomic E-state index is -1.04. The van der Waals surface area contributed by atoms with Crippen LogP contribution in [0.15, 0.2) is 28.8 Å². The molecule has 1 heterocycles. The zero-order valence-corrected chi connectivity index (χ0v) is 10.8. The normalized spacial score (nSPS) is 12.3. The number of aliphatic carboxylic acids is 1. The number of halogens is 1. The van der Waals surface area contributed by atoms with Gasteiger partial charge in [0.1, 0.15) is 6.61 Å². The molecule has 2 aromatic rings. The molecule has 0 aliphatic heterocycles. The van der Waals surface area contributed by atoms with Crippen LogP contribution in [0.5, 0.6) is 0 Å². The Labute approximate surface area is 114 Å². The van der Waals surface area contributed by atoms with Crippen LogP contribution in [0, 0.1) is 0 Å². The van der Waals surface area contributed by atoms with Gasteiger partial charge in [0.05, 0.1) is 0 Å². The first-order valence-corrected chi connectivity index (χ1v) is 5.87. The van der Waals surface area contributed by atoms with Gasteiger partial charge in [-0.3, -0.25) is 0 Å². The van der Waals surface area contributed by atoms with Gasteiger partial charge in [-0.1, -0.05) is 16.8 Å². The molecule has 0 fully saturated rings. The highest BCUT2D eigenvalue weighted by Gasteiger charge is 2.14. The summed E-state index contributed by atoms with van der Waals surface area (Å²) in [6.07, 6.45) is -0.925. The number of carbonyl (C=O) groups is 1. The summed E-state index contributed by atoms with van der Waals surface area (Å²) in [6, 6.07) is 6.96. The zero-order chi connectivity index (χ0) is 13.8. The fourth-order valence-electron chi connectivity index (χ4n) is 1.30. The molecule has 6 nitrogen and oxygen atoms in total. The largest absolute Gasteiger partial charge is 0.479 e. The van der Waals surface area contributed by atoms with Gasteiger partial charge in [-0.2, -0.15) is 4.98 Å². The van der Waals surface area contributed by atoms with Crippen LogP contribution in [0.25, 0.3) is 11.4 Å². The van der Waals surface area contributed by atoms with Crippen molar-refractivity contribution in [3.63, 3.8) is 0 Å². The summed E-state index contributed by atoms with van der Waals surface area (Å²) in [5.74, 6) is -0.422. The number of benzene rings is 1. The van der Waals surface area contributed by atoms with E-state index in [2.05, 4.69) is 10.1 Å². The molecule has 0 amide bonds. The first-order valence-electron chi connectivity index (χ1n) is 5.49. The first-order chi connectivity index (χ1) is 9.06. The number of hydrogen-bond donors (Lipinski definition) is 1. The molecule has 2 rings (SSSR count). The number of nitrogens with zero attached hydrogens (tertiary/aromatic N) is 2. The van der Waals surface area contributed by atoms with E-state index in [1.165, 1.54) is 6.92 Å². The number of hydrogen-bond acceptors (Lipinski definition) is 5. The lowest BCUT2D eigenvalue weighted by molar-refractivity contribution is -0.150. The summed E-state index contributed by atoms with van der Waals surface area (Å²) in [5.41, 5.74) is 0.755. The van der Waals surface area contributed by atoms with Gasteiger partial charge < -0.3 is 14.4 Å². The molecule has 0 unspecified atom stereocenters. The standard InChI is InChI=1S/C12H11ClN2O4/c1-7(12(16)17)18-6-10-14-11(15-19-10)8-2-4-9(13)5-3-8/h2-5,7H,6H2,1H3,(H,16,17)/t7-/m0/s1. The minimum absolute atomic E-state index is 0.0476. The molecular formula is C12H11ClN2O4. The molecule has 0 radical (unpaired) electrons. The lowest BCUT2D eigenvalue weighted by Crippen LogP contribution is -2.19. The van der Waals surface area contributed by atoms with Crippen molar-refractivity contribution in [3.05, 3.63) is 35.2 Å². The second-order valence-corrected chi connectivity index (χ2v) is 4.25. The molecule has 1 N–H and O–H groups in total. The SMILES string of the molecule is C[C@H](OCc1nc(-c2ccc(Cl)cc2)no1)C(=O)O. The van der Waals surface area contributed by atoms with Gasteiger partial charge in [0, 0.05) is 10.6 Å². The minimum Gasteiger partial charge on any atom is -0.479 e.